The van der Waals surface area contributed by atoms with E-state index in [1.54, 1.807) is 0 Å². The summed E-state index contributed by atoms with van der Waals surface area (Å²) in [6.07, 6.45) is 3.73. The lowest BCUT2D eigenvalue weighted by Gasteiger charge is -2.11. The van der Waals surface area contributed by atoms with Crippen molar-refractivity contribution in [3.05, 3.63) is 158 Å². The standard InChI is InChI=1S/C41H26N4/c1-2-10-27(11-3-1)43-34-15-7-4-12-30(34)33-26-29(18-19-37(33)43)45-36-17-9-6-14-32(36)41-39(45)21-20-38-40(41)31-13-5-8-16-35(31)44(38)28-22-24-42-25-23-28/h1-26H. The van der Waals surface area contributed by atoms with Gasteiger partial charge in [0.25, 0.3) is 0 Å². The van der Waals surface area contributed by atoms with Crippen LogP contribution < -0.4 is 0 Å². The average molecular weight is 575 g/mol. The fraction of sp³-hybridized carbons (Fsp3) is 0. The van der Waals surface area contributed by atoms with Gasteiger partial charge in [-0.1, -0.05) is 72.8 Å². The molecule has 0 bridgehead atoms. The van der Waals surface area contributed by atoms with Crippen molar-refractivity contribution in [2.45, 2.75) is 0 Å². The fourth-order valence-corrected chi connectivity index (χ4v) is 7.52. The molecule has 4 nitrogen and oxygen atoms in total. The van der Waals surface area contributed by atoms with E-state index in [4.69, 9.17) is 0 Å². The highest BCUT2D eigenvalue weighted by molar-refractivity contribution is 6.29. The lowest BCUT2D eigenvalue weighted by atomic mass is 10.1. The van der Waals surface area contributed by atoms with Crippen LogP contribution in [0.15, 0.2) is 158 Å². The van der Waals surface area contributed by atoms with Gasteiger partial charge in [0.2, 0.25) is 0 Å². The van der Waals surface area contributed by atoms with Gasteiger partial charge in [-0.15, -0.1) is 0 Å². The second-order valence-corrected chi connectivity index (χ2v) is 11.7. The van der Waals surface area contributed by atoms with Crippen molar-refractivity contribution in [1.29, 1.82) is 0 Å². The highest BCUT2D eigenvalue weighted by atomic mass is 15.0. The van der Waals surface area contributed by atoms with Crippen LogP contribution in [-0.2, 0) is 0 Å². The first-order valence-corrected chi connectivity index (χ1v) is 15.3. The van der Waals surface area contributed by atoms with E-state index in [0.29, 0.717) is 0 Å². The van der Waals surface area contributed by atoms with E-state index in [-0.39, 0.29) is 0 Å². The van der Waals surface area contributed by atoms with E-state index < -0.39 is 0 Å². The second-order valence-electron chi connectivity index (χ2n) is 11.7. The first-order valence-electron chi connectivity index (χ1n) is 15.3. The normalized spacial score (nSPS) is 12.0. The van der Waals surface area contributed by atoms with Gasteiger partial charge in [0.1, 0.15) is 0 Å². The summed E-state index contributed by atoms with van der Waals surface area (Å²) < 4.78 is 7.18. The zero-order chi connectivity index (χ0) is 29.5. The monoisotopic (exact) mass is 574 g/mol. The first-order chi connectivity index (χ1) is 22.4. The first kappa shape index (κ1) is 24.3. The van der Waals surface area contributed by atoms with Crippen molar-refractivity contribution in [2.24, 2.45) is 0 Å². The number of rotatable bonds is 3. The Balaban J connectivity index is 1.32. The summed E-state index contributed by atoms with van der Waals surface area (Å²) in [5.74, 6) is 0. The Hall–Kier alpha value is -6.13. The molecule has 0 fully saturated rings. The van der Waals surface area contributed by atoms with Gasteiger partial charge in [0.05, 0.1) is 33.1 Å². The summed E-state index contributed by atoms with van der Waals surface area (Å²) in [5.41, 5.74) is 10.6. The van der Waals surface area contributed by atoms with Gasteiger partial charge in [-0.2, -0.15) is 0 Å². The number of hydrogen-bond donors (Lipinski definition) is 0. The quantitative estimate of drug-likeness (QED) is 0.206. The Morgan fingerprint density at radius 3 is 1.40 bits per heavy atom. The van der Waals surface area contributed by atoms with Crippen molar-refractivity contribution in [1.82, 2.24) is 18.7 Å². The van der Waals surface area contributed by atoms with Crippen LogP contribution in [0.5, 0.6) is 0 Å². The summed E-state index contributed by atoms with van der Waals surface area (Å²) in [7, 11) is 0. The Bertz CT molecular complexity index is 2750. The van der Waals surface area contributed by atoms with Crippen LogP contribution >= 0.6 is 0 Å². The molecule has 6 aromatic carbocycles. The van der Waals surface area contributed by atoms with Gasteiger partial charge >= 0.3 is 0 Å². The molecule has 0 saturated carbocycles. The predicted octanol–water partition coefficient (Wildman–Crippen LogP) is 10.4. The number of benzene rings is 6. The Kier molecular flexibility index (Phi) is 4.96. The minimum absolute atomic E-state index is 1.11. The maximum Gasteiger partial charge on any atom is 0.0548 e. The Morgan fingerprint density at radius 1 is 0.311 bits per heavy atom. The number of nitrogens with zero attached hydrogens (tertiary/aromatic N) is 4. The van der Waals surface area contributed by atoms with E-state index in [1.807, 2.05) is 12.4 Å². The molecular formula is C41H26N4. The molecule has 0 radical (unpaired) electrons. The molecule has 0 N–H and O–H groups in total. The van der Waals surface area contributed by atoms with Gasteiger partial charge in [-0.05, 0) is 72.8 Å². The minimum atomic E-state index is 1.11. The molecule has 0 amide bonds. The van der Waals surface area contributed by atoms with Crippen LogP contribution in [0, 0.1) is 0 Å². The molecule has 0 unspecified atom stereocenters. The van der Waals surface area contributed by atoms with Crippen LogP contribution in [0.25, 0.3) is 82.5 Å². The van der Waals surface area contributed by atoms with Crippen molar-refractivity contribution >= 4 is 65.4 Å². The molecule has 4 aromatic heterocycles. The van der Waals surface area contributed by atoms with E-state index in [0.717, 1.165) is 11.4 Å². The van der Waals surface area contributed by atoms with E-state index in [2.05, 4.69) is 164 Å². The van der Waals surface area contributed by atoms with Crippen LogP contribution in [-0.4, -0.2) is 18.7 Å². The molecule has 0 atom stereocenters. The summed E-state index contributed by atoms with van der Waals surface area (Å²) in [6.45, 7) is 0. The summed E-state index contributed by atoms with van der Waals surface area (Å²) >= 11 is 0. The van der Waals surface area contributed by atoms with E-state index in [1.165, 1.54) is 71.1 Å². The number of aromatic nitrogens is 4. The lowest BCUT2D eigenvalue weighted by Crippen LogP contribution is -1.96. The molecule has 0 aliphatic carbocycles. The predicted molar refractivity (Wildman–Crippen MR) is 187 cm³/mol. The summed E-state index contributed by atoms with van der Waals surface area (Å²) in [5, 5.41) is 7.55. The molecule has 45 heavy (non-hydrogen) atoms. The number of pyridine rings is 1. The molecular weight excluding hydrogens is 548 g/mol. The SMILES string of the molecule is c1ccc(-n2c3ccccc3c3cc(-n4c5ccccc5c5c6c7ccccc7n(-c7ccncc7)c6ccc54)ccc32)cc1. The maximum atomic E-state index is 4.28. The summed E-state index contributed by atoms with van der Waals surface area (Å²) in [4.78, 5) is 4.28. The molecule has 10 aromatic rings. The van der Waals surface area contributed by atoms with Gasteiger partial charge in [-0.3, -0.25) is 4.98 Å². The maximum absolute atomic E-state index is 4.28. The van der Waals surface area contributed by atoms with Gasteiger partial charge in [0.15, 0.2) is 0 Å². The minimum Gasteiger partial charge on any atom is -0.309 e. The van der Waals surface area contributed by atoms with Crippen LogP contribution in [0.2, 0.25) is 0 Å². The van der Waals surface area contributed by atoms with E-state index >= 15 is 0 Å². The van der Waals surface area contributed by atoms with Crippen LogP contribution in [0.4, 0.5) is 0 Å². The van der Waals surface area contributed by atoms with E-state index in [9.17, 15) is 0 Å². The van der Waals surface area contributed by atoms with Crippen LogP contribution in [0.3, 0.4) is 0 Å². The Labute approximate surface area is 258 Å². The molecule has 0 aliphatic heterocycles. The third-order valence-corrected chi connectivity index (χ3v) is 9.32. The molecule has 0 aliphatic rings. The number of fused-ring (bicyclic) bond motifs is 10. The lowest BCUT2D eigenvalue weighted by molar-refractivity contribution is 1.15. The zero-order valence-electron chi connectivity index (χ0n) is 24.3. The second kappa shape index (κ2) is 9.18. The van der Waals surface area contributed by atoms with Crippen molar-refractivity contribution in [3.63, 3.8) is 0 Å². The van der Waals surface area contributed by atoms with Gasteiger partial charge in [0, 0.05) is 61.8 Å². The molecule has 10 rings (SSSR count). The largest absolute Gasteiger partial charge is 0.309 e. The average Bonchev–Trinajstić information content (AvgIpc) is 3.74. The van der Waals surface area contributed by atoms with Gasteiger partial charge < -0.3 is 13.7 Å². The molecule has 4 heterocycles. The third kappa shape index (κ3) is 3.34. The number of hydrogen-bond acceptors (Lipinski definition) is 1. The smallest absolute Gasteiger partial charge is 0.0548 e. The van der Waals surface area contributed by atoms with Crippen molar-refractivity contribution in [2.75, 3.05) is 0 Å². The van der Waals surface area contributed by atoms with Crippen molar-refractivity contribution < 1.29 is 0 Å². The molecule has 0 saturated heterocycles. The highest BCUT2D eigenvalue weighted by Crippen LogP contribution is 2.43. The highest BCUT2D eigenvalue weighted by Gasteiger charge is 2.21. The Morgan fingerprint density at radius 2 is 0.756 bits per heavy atom. The zero-order valence-corrected chi connectivity index (χ0v) is 24.3. The number of para-hydroxylation sites is 4. The molecule has 4 heteroatoms. The van der Waals surface area contributed by atoms with Crippen molar-refractivity contribution in [3.8, 4) is 17.1 Å². The molecule has 0 spiro atoms. The van der Waals surface area contributed by atoms with Gasteiger partial charge in [-0.25, -0.2) is 0 Å². The molecule has 210 valence electrons. The topological polar surface area (TPSA) is 27.7 Å². The summed E-state index contributed by atoms with van der Waals surface area (Å²) in [6, 6.07) is 52.6. The van der Waals surface area contributed by atoms with Crippen LogP contribution in [0.1, 0.15) is 0 Å². The third-order valence-electron chi connectivity index (χ3n) is 9.32. The fourth-order valence-electron chi connectivity index (χ4n) is 7.52.